The highest BCUT2D eigenvalue weighted by molar-refractivity contribution is 6.01. The van der Waals surface area contributed by atoms with Crippen LogP contribution in [0.1, 0.15) is 25.0 Å². The third-order valence-electron chi connectivity index (χ3n) is 5.67. The third kappa shape index (κ3) is 3.71. The molecule has 32 heavy (non-hydrogen) atoms. The molecule has 4 aromatic rings. The van der Waals surface area contributed by atoms with Crippen LogP contribution in [-0.2, 0) is 20.1 Å². The SMILES string of the molecule is COc1c(OCc2ccccc2)c(CC=C(C)C)c2c(c1O)c(=O)c1ccccc1n2C. The van der Waals surface area contributed by atoms with Gasteiger partial charge in [0.2, 0.25) is 11.2 Å². The molecule has 4 rings (SSSR count). The van der Waals surface area contributed by atoms with Gasteiger partial charge in [0.05, 0.1) is 23.5 Å². The molecular formula is C27H27NO4. The zero-order valence-electron chi connectivity index (χ0n) is 18.8. The van der Waals surface area contributed by atoms with Crippen molar-refractivity contribution >= 4 is 21.8 Å². The second-order valence-corrected chi connectivity index (χ2v) is 8.08. The van der Waals surface area contributed by atoms with Gasteiger partial charge in [-0.3, -0.25) is 4.79 Å². The molecule has 3 aromatic carbocycles. The van der Waals surface area contributed by atoms with E-state index >= 15 is 0 Å². The molecule has 0 atom stereocenters. The summed E-state index contributed by atoms with van der Waals surface area (Å²) < 4.78 is 13.8. The Morgan fingerprint density at radius 3 is 2.41 bits per heavy atom. The average molecular weight is 430 g/mol. The maximum Gasteiger partial charge on any atom is 0.204 e. The van der Waals surface area contributed by atoms with E-state index in [1.54, 1.807) is 6.07 Å². The van der Waals surface area contributed by atoms with E-state index in [1.807, 2.05) is 74.0 Å². The van der Waals surface area contributed by atoms with Crippen molar-refractivity contribution in [1.82, 2.24) is 4.57 Å². The van der Waals surface area contributed by atoms with Crippen molar-refractivity contribution in [1.29, 1.82) is 0 Å². The van der Waals surface area contributed by atoms with Gasteiger partial charge in [-0.25, -0.2) is 0 Å². The summed E-state index contributed by atoms with van der Waals surface area (Å²) in [6.45, 7) is 4.36. The highest BCUT2D eigenvalue weighted by Gasteiger charge is 2.25. The molecule has 0 saturated carbocycles. The summed E-state index contributed by atoms with van der Waals surface area (Å²) in [5.74, 6) is 0.431. The van der Waals surface area contributed by atoms with Crippen molar-refractivity contribution in [2.24, 2.45) is 7.05 Å². The van der Waals surface area contributed by atoms with Crippen LogP contribution in [0.25, 0.3) is 21.8 Å². The molecule has 1 N–H and O–H groups in total. The number of para-hydroxylation sites is 1. The maximum absolute atomic E-state index is 13.4. The second-order valence-electron chi connectivity index (χ2n) is 8.08. The second kappa shape index (κ2) is 8.79. The van der Waals surface area contributed by atoms with Gasteiger partial charge in [-0.15, -0.1) is 0 Å². The molecule has 0 saturated heterocycles. The summed E-state index contributed by atoms with van der Waals surface area (Å²) in [5, 5.41) is 12.0. The number of rotatable bonds is 6. The Kier molecular flexibility index (Phi) is 5.91. The molecular weight excluding hydrogens is 402 g/mol. The lowest BCUT2D eigenvalue weighted by Crippen LogP contribution is -2.13. The first kappa shape index (κ1) is 21.5. The molecule has 164 valence electrons. The zero-order chi connectivity index (χ0) is 22.8. The van der Waals surface area contributed by atoms with E-state index in [4.69, 9.17) is 9.47 Å². The molecule has 0 spiro atoms. The molecule has 0 aliphatic rings. The predicted molar refractivity (Wildman–Crippen MR) is 129 cm³/mol. The minimum Gasteiger partial charge on any atom is -0.504 e. The van der Waals surface area contributed by atoms with E-state index in [9.17, 15) is 9.90 Å². The fraction of sp³-hybridized carbons (Fsp3) is 0.222. The van der Waals surface area contributed by atoms with Crippen LogP contribution >= 0.6 is 0 Å². The number of nitrogens with zero attached hydrogens (tertiary/aromatic N) is 1. The van der Waals surface area contributed by atoms with Gasteiger partial charge in [-0.05, 0) is 38.0 Å². The van der Waals surface area contributed by atoms with E-state index in [0.29, 0.717) is 29.7 Å². The lowest BCUT2D eigenvalue weighted by atomic mass is 9.99. The molecule has 0 aliphatic carbocycles. The van der Waals surface area contributed by atoms with E-state index in [2.05, 4.69) is 6.08 Å². The monoisotopic (exact) mass is 429 g/mol. The Balaban J connectivity index is 2.07. The number of aromatic hydroxyl groups is 1. The number of fused-ring (bicyclic) bond motifs is 2. The van der Waals surface area contributed by atoms with Crippen molar-refractivity contribution in [3.05, 3.63) is 87.6 Å². The van der Waals surface area contributed by atoms with Crippen LogP contribution in [0.15, 0.2) is 71.0 Å². The minimum atomic E-state index is -0.224. The van der Waals surface area contributed by atoms with Gasteiger partial charge in [-0.2, -0.15) is 0 Å². The van der Waals surface area contributed by atoms with E-state index < -0.39 is 0 Å². The first-order valence-corrected chi connectivity index (χ1v) is 10.6. The van der Waals surface area contributed by atoms with E-state index in [0.717, 1.165) is 22.2 Å². The number of aromatic nitrogens is 1. The number of methoxy groups -OCH3 is 1. The molecule has 1 aromatic heterocycles. The highest BCUT2D eigenvalue weighted by atomic mass is 16.5. The standard InChI is InChI=1S/C27H27NO4/c1-17(2)14-15-20-23-22(24(29)19-12-8-9-13-21(19)28(23)3)25(30)27(31-4)26(20)32-16-18-10-6-5-7-11-18/h5-14,30H,15-16H2,1-4H3. The van der Waals surface area contributed by atoms with Crippen LogP contribution in [0.5, 0.6) is 17.2 Å². The Labute approximate surface area is 187 Å². The number of hydrogen-bond acceptors (Lipinski definition) is 4. The number of phenols is 1. The smallest absolute Gasteiger partial charge is 0.204 e. The number of hydrogen-bond donors (Lipinski definition) is 1. The molecule has 5 heteroatoms. The zero-order valence-corrected chi connectivity index (χ0v) is 18.8. The lowest BCUT2D eigenvalue weighted by Gasteiger charge is -2.21. The van der Waals surface area contributed by atoms with Gasteiger partial charge < -0.3 is 19.1 Å². The molecule has 0 bridgehead atoms. The molecule has 0 aliphatic heterocycles. The van der Waals surface area contributed by atoms with Gasteiger partial charge in [0, 0.05) is 18.0 Å². The van der Waals surface area contributed by atoms with Crippen LogP contribution in [0.3, 0.4) is 0 Å². The molecule has 0 amide bonds. The summed E-state index contributed by atoms with van der Waals surface area (Å²) in [6.07, 6.45) is 2.62. The molecule has 5 nitrogen and oxygen atoms in total. The quantitative estimate of drug-likeness (QED) is 0.325. The number of allylic oxidation sites excluding steroid dienone is 2. The Bertz CT molecular complexity index is 1380. The molecule has 0 radical (unpaired) electrons. The van der Waals surface area contributed by atoms with Crippen molar-refractivity contribution in [3.63, 3.8) is 0 Å². The van der Waals surface area contributed by atoms with Crippen LogP contribution in [0, 0.1) is 0 Å². The topological polar surface area (TPSA) is 60.7 Å². The number of benzene rings is 3. The summed E-state index contributed by atoms with van der Waals surface area (Å²) >= 11 is 0. The number of phenolic OH excluding ortho intramolecular Hbond substituents is 1. The van der Waals surface area contributed by atoms with E-state index in [-0.39, 0.29) is 22.3 Å². The Hall–Kier alpha value is -3.73. The Morgan fingerprint density at radius 2 is 1.72 bits per heavy atom. The van der Waals surface area contributed by atoms with Crippen LogP contribution < -0.4 is 14.9 Å². The van der Waals surface area contributed by atoms with Crippen molar-refractivity contribution in [2.75, 3.05) is 7.11 Å². The van der Waals surface area contributed by atoms with Crippen molar-refractivity contribution < 1.29 is 14.6 Å². The fourth-order valence-corrected chi connectivity index (χ4v) is 4.09. The summed E-state index contributed by atoms with van der Waals surface area (Å²) in [5.41, 5.74) is 4.16. The first-order valence-electron chi connectivity index (χ1n) is 10.6. The minimum absolute atomic E-state index is 0.179. The van der Waals surface area contributed by atoms with Crippen LogP contribution in [-0.4, -0.2) is 16.8 Å². The number of ether oxygens (including phenoxy) is 2. The summed E-state index contributed by atoms with van der Waals surface area (Å²) in [6, 6.07) is 17.2. The normalized spacial score (nSPS) is 11.0. The maximum atomic E-state index is 13.4. The third-order valence-corrected chi connectivity index (χ3v) is 5.67. The van der Waals surface area contributed by atoms with Gasteiger partial charge in [0.15, 0.2) is 11.5 Å². The molecule has 0 fully saturated rings. The largest absolute Gasteiger partial charge is 0.504 e. The number of pyridine rings is 1. The number of aryl methyl sites for hydroxylation is 1. The van der Waals surface area contributed by atoms with Crippen LogP contribution in [0.2, 0.25) is 0 Å². The predicted octanol–water partition coefficient (Wildman–Crippen LogP) is 5.49. The highest BCUT2D eigenvalue weighted by Crippen LogP contribution is 2.46. The van der Waals surface area contributed by atoms with E-state index in [1.165, 1.54) is 7.11 Å². The molecule has 0 unspecified atom stereocenters. The van der Waals surface area contributed by atoms with Crippen LogP contribution in [0.4, 0.5) is 0 Å². The van der Waals surface area contributed by atoms with Gasteiger partial charge >= 0.3 is 0 Å². The molecule has 1 heterocycles. The average Bonchev–Trinajstić information content (AvgIpc) is 2.80. The fourth-order valence-electron chi connectivity index (χ4n) is 4.09. The lowest BCUT2D eigenvalue weighted by molar-refractivity contribution is 0.276. The summed E-state index contributed by atoms with van der Waals surface area (Å²) in [7, 11) is 3.38. The van der Waals surface area contributed by atoms with Gasteiger partial charge in [-0.1, -0.05) is 54.1 Å². The first-order chi connectivity index (χ1) is 15.4. The summed E-state index contributed by atoms with van der Waals surface area (Å²) in [4.78, 5) is 13.4. The van der Waals surface area contributed by atoms with Gasteiger partial charge in [0.25, 0.3) is 0 Å². The van der Waals surface area contributed by atoms with Crippen molar-refractivity contribution in [2.45, 2.75) is 26.9 Å². The van der Waals surface area contributed by atoms with Gasteiger partial charge in [0.1, 0.15) is 6.61 Å². The Morgan fingerprint density at radius 1 is 1.03 bits per heavy atom. The van der Waals surface area contributed by atoms with Crippen molar-refractivity contribution in [3.8, 4) is 17.2 Å².